The molecule has 1 spiro atoms. The fourth-order valence-corrected chi connectivity index (χ4v) is 4.52. The lowest BCUT2D eigenvalue weighted by Gasteiger charge is -2.34. The highest BCUT2D eigenvalue weighted by molar-refractivity contribution is 7.99. The number of methoxy groups -OCH3 is 1. The first-order chi connectivity index (χ1) is 8.24. The van der Waals surface area contributed by atoms with E-state index in [-0.39, 0.29) is 0 Å². The Kier molecular flexibility index (Phi) is 3.01. The second kappa shape index (κ2) is 4.38. The molecule has 2 aliphatic heterocycles. The van der Waals surface area contributed by atoms with Crippen LogP contribution < -0.4 is 10.1 Å². The summed E-state index contributed by atoms with van der Waals surface area (Å²) in [6.07, 6.45) is 2.34. The standard InChI is InChI=1S/C13H16ClNOS/c1-16-11-3-2-10(14)9-6-13(4-5-15-7-13)8-17-12(9)11/h2-3,15H,4-8H2,1H3. The van der Waals surface area contributed by atoms with Crippen molar-refractivity contribution >= 4 is 23.4 Å². The first-order valence-corrected chi connectivity index (χ1v) is 7.29. The van der Waals surface area contributed by atoms with Crippen LogP contribution in [0.3, 0.4) is 0 Å². The number of benzene rings is 1. The summed E-state index contributed by atoms with van der Waals surface area (Å²) in [5.74, 6) is 2.14. The molecular weight excluding hydrogens is 254 g/mol. The highest BCUT2D eigenvalue weighted by atomic mass is 35.5. The quantitative estimate of drug-likeness (QED) is 0.847. The highest BCUT2D eigenvalue weighted by Gasteiger charge is 2.39. The van der Waals surface area contributed by atoms with E-state index in [0.29, 0.717) is 5.41 Å². The Morgan fingerprint density at radius 2 is 2.35 bits per heavy atom. The first kappa shape index (κ1) is 11.7. The topological polar surface area (TPSA) is 21.3 Å². The van der Waals surface area contributed by atoms with E-state index in [1.807, 2.05) is 23.9 Å². The third-order valence-electron chi connectivity index (χ3n) is 3.79. The van der Waals surface area contributed by atoms with Crippen LogP contribution in [0.2, 0.25) is 5.02 Å². The Morgan fingerprint density at radius 1 is 1.47 bits per heavy atom. The molecule has 0 aliphatic carbocycles. The van der Waals surface area contributed by atoms with Gasteiger partial charge in [0.15, 0.2) is 0 Å². The van der Waals surface area contributed by atoms with E-state index in [2.05, 4.69) is 5.32 Å². The minimum absolute atomic E-state index is 0.410. The molecule has 92 valence electrons. The maximum atomic E-state index is 6.34. The first-order valence-electron chi connectivity index (χ1n) is 5.93. The van der Waals surface area contributed by atoms with Gasteiger partial charge in [-0.25, -0.2) is 0 Å². The van der Waals surface area contributed by atoms with Crippen LogP contribution in [0.1, 0.15) is 12.0 Å². The molecule has 1 aromatic carbocycles. The number of halogens is 1. The summed E-state index contributed by atoms with van der Waals surface area (Å²) < 4.78 is 5.42. The molecule has 1 aromatic rings. The SMILES string of the molecule is COc1ccc(Cl)c2c1SCC1(CCNC1)C2. The lowest BCUT2D eigenvalue weighted by Crippen LogP contribution is -2.32. The summed E-state index contributed by atoms with van der Waals surface area (Å²) in [5.41, 5.74) is 1.69. The van der Waals surface area contributed by atoms with E-state index in [4.69, 9.17) is 16.3 Å². The number of rotatable bonds is 1. The zero-order chi connectivity index (χ0) is 11.9. The zero-order valence-corrected chi connectivity index (χ0v) is 11.5. The molecule has 2 heterocycles. The van der Waals surface area contributed by atoms with E-state index in [0.717, 1.165) is 30.3 Å². The van der Waals surface area contributed by atoms with Crippen LogP contribution in [0.5, 0.6) is 5.75 Å². The Bertz CT molecular complexity index is 443. The third-order valence-corrected chi connectivity index (χ3v) is 5.64. The molecule has 1 atom stereocenters. The average molecular weight is 270 g/mol. The maximum Gasteiger partial charge on any atom is 0.132 e. The minimum atomic E-state index is 0.410. The number of hydrogen-bond acceptors (Lipinski definition) is 3. The summed E-state index contributed by atoms with van der Waals surface area (Å²) >= 11 is 8.24. The van der Waals surface area contributed by atoms with Crippen LogP contribution >= 0.6 is 23.4 Å². The Morgan fingerprint density at radius 3 is 3.06 bits per heavy atom. The van der Waals surface area contributed by atoms with Crippen molar-refractivity contribution in [3.05, 3.63) is 22.7 Å². The van der Waals surface area contributed by atoms with Crippen molar-refractivity contribution in [1.82, 2.24) is 5.32 Å². The van der Waals surface area contributed by atoms with E-state index in [1.54, 1.807) is 7.11 Å². The van der Waals surface area contributed by atoms with Crippen molar-refractivity contribution in [2.45, 2.75) is 17.7 Å². The van der Waals surface area contributed by atoms with Gasteiger partial charge in [-0.2, -0.15) is 0 Å². The summed E-state index contributed by atoms with van der Waals surface area (Å²) in [5, 5.41) is 4.36. The van der Waals surface area contributed by atoms with E-state index >= 15 is 0 Å². The fraction of sp³-hybridized carbons (Fsp3) is 0.538. The van der Waals surface area contributed by atoms with Gasteiger partial charge in [0.2, 0.25) is 0 Å². The average Bonchev–Trinajstić information content (AvgIpc) is 2.79. The van der Waals surface area contributed by atoms with Gasteiger partial charge in [-0.05, 0) is 42.5 Å². The molecule has 0 saturated carbocycles. The van der Waals surface area contributed by atoms with E-state index in [9.17, 15) is 0 Å². The maximum absolute atomic E-state index is 6.34. The molecule has 1 unspecified atom stereocenters. The summed E-state index contributed by atoms with van der Waals surface area (Å²) in [6, 6.07) is 3.93. The molecule has 2 nitrogen and oxygen atoms in total. The predicted octanol–water partition coefficient (Wildman–Crippen LogP) is 2.98. The van der Waals surface area contributed by atoms with Crippen molar-refractivity contribution < 1.29 is 4.74 Å². The highest BCUT2D eigenvalue weighted by Crippen LogP contribution is 2.48. The molecule has 3 rings (SSSR count). The minimum Gasteiger partial charge on any atom is -0.496 e. The van der Waals surface area contributed by atoms with Crippen LogP contribution in [-0.4, -0.2) is 26.0 Å². The molecule has 17 heavy (non-hydrogen) atoms. The Labute approximate surface area is 111 Å². The van der Waals surface area contributed by atoms with Gasteiger partial charge in [-0.15, -0.1) is 11.8 Å². The number of nitrogens with one attached hydrogen (secondary N) is 1. The predicted molar refractivity (Wildman–Crippen MR) is 72.4 cm³/mol. The monoisotopic (exact) mass is 269 g/mol. The largest absolute Gasteiger partial charge is 0.496 e. The number of thioether (sulfide) groups is 1. The Balaban J connectivity index is 2.01. The zero-order valence-electron chi connectivity index (χ0n) is 9.88. The van der Waals surface area contributed by atoms with Crippen LogP contribution in [0, 0.1) is 5.41 Å². The van der Waals surface area contributed by atoms with Crippen LogP contribution in [0.25, 0.3) is 0 Å². The summed E-state index contributed by atoms with van der Waals surface area (Å²) in [4.78, 5) is 1.25. The molecule has 0 bridgehead atoms. The lowest BCUT2D eigenvalue weighted by molar-refractivity contribution is 0.357. The normalized spacial score (nSPS) is 27.2. The van der Waals surface area contributed by atoms with Gasteiger partial charge in [0.25, 0.3) is 0 Å². The van der Waals surface area contributed by atoms with E-state index in [1.165, 1.54) is 22.6 Å². The number of hydrogen-bond donors (Lipinski definition) is 1. The van der Waals surface area contributed by atoms with Gasteiger partial charge in [0.05, 0.1) is 12.0 Å². The third kappa shape index (κ3) is 1.94. The molecule has 0 amide bonds. The Hall–Kier alpha value is -0.380. The van der Waals surface area contributed by atoms with Crippen LogP contribution in [-0.2, 0) is 6.42 Å². The molecule has 4 heteroatoms. The smallest absolute Gasteiger partial charge is 0.132 e. The second-order valence-electron chi connectivity index (χ2n) is 4.95. The summed E-state index contributed by atoms with van der Waals surface area (Å²) in [7, 11) is 1.73. The number of ether oxygens (including phenoxy) is 1. The number of fused-ring (bicyclic) bond motifs is 1. The van der Waals surface area contributed by atoms with Gasteiger partial charge >= 0.3 is 0 Å². The van der Waals surface area contributed by atoms with Gasteiger partial charge in [-0.1, -0.05) is 11.6 Å². The van der Waals surface area contributed by atoms with E-state index < -0.39 is 0 Å². The van der Waals surface area contributed by atoms with Crippen molar-refractivity contribution in [1.29, 1.82) is 0 Å². The summed E-state index contributed by atoms with van der Waals surface area (Å²) in [6.45, 7) is 2.25. The molecular formula is C13H16ClNOS. The molecule has 1 N–H and O–H groups in total. The molecule has 0 aromatic heterocycles. The molecule has 1 fully saturated rings. The van der Waals surface area contributed by atoms with Gasteiger partial charge in [0, 0.05) is 17.3 Å². The molecule has 0 radical (unpaired) electrons. The van der Waals surface area contributed by atoms with Gasteiger partial charge in [-0.3, -0.25) is 0 Å². The van der Waals surface area contributed by atoms with Crippen molar-refractivity contribution in [2.75, 3.05) is 26.0 Å². The van der Waals surface area contributed by atoms with Crippen LogP contribution in [0.4, 0.5) is 0 Å². The lowest BCUT2D eigenvalue weighted by atomic mass is 9.82. The van der Waals surface area contributed by atoms with Crippen LogP contribution in [0.15, 0.2) is 17.0 Å². The van der Waals surface area contributed by atoms with Crippen molar-refractivity contribution in [3.8, 4) is 5.75 Å². The molecule has 2 aliphatic rings. The van der Waals surface area contributed by atoms with Crippen molar-refractivity contribution in [2.24, 2.45) is 5.41 Å². The fourth-order valence-electron chi connectivity index (χ4n) is 2.79. The van der Waals surface area contributed by atoms with Gasteiger partial charge in [0.1, 0.15) is 5.75 Å². The second-order valence-corrected chi connectivity index (χ2v) is 6.34. The van der Waals surface area contributed by atoms with Crippen molar-refractivity contribution in [3.63, 3.8) is 0 Å². The van der Waals surface area contributed by atoms with Gasteiger partial charge < -0.3 is 10.1 Å². The molecule has 1 saturated heterocycles.